The van der Waals surface area contributed by atoms with Gasteiger partial charge in [0.05, 0.1) is 6.54 Å². The lowest BCUT2D eigenvalue weighted by atomic mass is 10.4. The molecule has 1 heterocycles. The first-order chi connectivity index (χ1) is 9.51. The van der Waals surface area contributed by atoms with E-state index in [1.54, 1.807) is 7.05 Å². The predicted molar refractivity (Wildman–Crippen MR) is 78.8 cm³/mol. The number of nitrogen functional groups attached to an aromatic ring is 1. The highest BCUT2D eigenvalue weighted by molar-refractivity contribution is 7.18. The van der Waals surface area contributed by atoms with Crippen molar-refractivity contribution in [3.8, 4) is 0 Å². The summed E-state index contributed by atoms with van der Waals surface area (Å²) in [7, 11) is 1.57. The van der Waals surface area contributed by atoms with Gasteiger partial charge >= 0.3 is 0 Å². The molecule has 110 valence electrons. The number of carbonyl (C=O) groups is 2. The summed E-state index contributed by atoms with van der Waals surface area (Å²) in [6.07, 6.45) is 2.25. The van der Waals surface area contributed by atoms with Gasteiger partial charge in [0.2, 0.25) is 5.91 Å². The van der Waals surface area contributed by atoms with Crippen LogP contribution in [-0.2, 0) is 4.79 Å². The van der Waals surface area contributed by atoms with Crippen LogP contribution in [0.2, 0.25) is 0 Å². The van der Waals surface area contributed by atoms with Crippen molar-refractivity contribution in [1.29, 1.82) is 0 Å². The maximum absolute atomic E-state index is 12.2. The second kappa shape index (κ2) is 6.08. The van der Waals surface area contributed by atoms with E-state index < -0.39 is 0 Å². The van der Waals surface area contributed by atoms with Gasteiger partial charge in [0.15, 0.2) is 5.13 Å². The first-order valence-electron chi connectivity index (χ1n) is 6.56. The second-order valence-corrected chi connectivity index (χ2v) is 5.77. The molecule has 0 spiro atoms. The number of nitrogens with two attached hydrogens (primary N) is 1. The average molecular weight is 297 g/mol. The molecule has 1 fully saturated rings. The van der Waals surface area contributed by atoms with E-state index >= 15 is 0 Å². The van der Waals surface area contributed by atoms with Gasteiger partial charge in [-0.2, -0.15) is 0 Å². The lowest BCUT2D eigenvalue weighted by molar-refractivity contribution is -0.121. The van der Waals surface area contributed by atoms with Crippen molar-refractivity contribution in [2.24, 2.45) is 0 Å². The molecule has 0 bridgehead atoms. The Balaban J connectivity index is 1.99. The Morgan fingerprint density at radius 3 is 2.80 bits per heavy atom. The number of nitrogens with one attached hydrogen (secondary N) is 2. The summed E-state index contributed by atoms with van der Waals surface area (Å²) in [4.78, 5) is 29.6. The van der Waals surface area contributed by atoms with Crippen LogP contribution in [0.25, 0.3) is 0 Å². The van der Waals surface area contributed by atoms with Crippen molar-refractivity contribution in [3.63, 3.8) is 0 Å². The molecule has 0 unspecified atom stereocenters. The zero-order chi connectivity index (χ0) is 14.7. The smallest absolute Gasteiger partial charge is 0.268 e. The number of anilines is 2. The molecule has 0 radical (unpaired) electrons. The van der Waals surface area contributed by atoms with Gasteiger partial charge in [-0.05, 0) is 19.8 Å². The Kier molecular flexibility index (Phi) is 4.43. The summed E-state index contributed by atoms with van der Waals surface area (Å²) in [6.45, 7) is 2.38. The number of rotatable bonds is 6. The SMILES string of the molecule is CCNC(=O)CN(C)C(=O)c1sc(NC2CC2)nc1N. The molecule has 1 aromatic rings. The van der Waals surface area contributed by atoms with Crippen LogP contribution in [0.5, 0.6) is 0 Å². The molecule has 0 aliphatic heterocycles. The predicted octanol–water partition coefficient (Wildman–Crippen LogP) is 0.508. The number of likely N-dealkylation sites (N-methyl/N-ethyl adjacent to an activating group) is 2. The van der Waals surface area contributed by atoms with Crippen LogP contribution in [0.3, 0.4) is 0 Å². The fourth-order valence-electron chi connectivity index (χ4n) is 1.66. The van der Waals surface area contributed by atoms with E-state index in [1.165, 1.54) is 16.2 Å². The van der Waals surface area contributed by atoms with Crippen LogP contribution in [0.4, 0.5) is 10.9 Å². The maximum Gasteiger partial charge on any atom is 0.268 e. The molecular weight excluding hydrogens is 278 g/mol. The molecular formula is C12H19N5O2S. The third kappa shape index (κ3) is 3.60. The number of carbonyl (C=O) groups excluding carboxylic acids is 2. The minimum atomic E-state index is -0.282. The Hall–Kier alpha value is -1.83. The van der Waals surface area contributed by atoms with Crippen LogP contribution < -0.4 is 16.4 Å². The Labute approximate surface area is 121 Å². The van der Waals surface area contributed by atoms with E-state index in [1.807, 2.05) is 6.92 Å². The van der Waals surface area contributed by atoms with Gasteiger partial charge in [-0.15, -0.1) is 0 Å². The van der Waals surface area contributed by atoms with Gasteiger partial charge in [0.1, 0.15) is 10.7 Å². The normalized spacial score (nSPS) is 13.9. The van der Waals surface area contributed by atoms with Crippen molar-refractivity contribution in [1.82, 2.24) is 15.2 Å². The van der Waals surface area contributed by atoms with Gasteiger partial charge < -0.3 is 21.3 Å². The van der Waals surface area contributed by atoms with E-state index in [4.69, 9.17) is 5.73 Å². The van der Waals surface area contributed by atoms with Crippen molar-refractivity contribution >= 4 is 34.1 Å². The zero-order valence-corrected chi connectivity index (χ0v) is 12.4. The summed E-state index contributed by atoms with van der Waals surface area (Å²) in [5, 5.41) is 6.52. The van der Waals surface area contributed by atoms with E-state index in [-0.39, 0.29) is 24.2 Å². The van der Waals surface area contributed by atoms with E-state index in [2.05, 4.69) is 15.6 Å². The zero-order valence-electron chi connectivity index (χ0n) is 11.6. The van der Waals surface area contributed by atoms with Crippen LogP contribution in [-0.4, -0.2) is 47.9 Å². The Morgan fingerprint density at radius 2 is 2.20 bits per heavy atom. The van der Waals surface area contributed by atoms with Crippen LogP contribution in [0, 0.1) is 0 Å². The highest BCUT2D eigenvalue weighted by Crippen LogP contribution is 2.31. The second-order valence-electron chi connectivity index (χ2n) is 4.77. The molecule has 1 aromatic heterocycles. The van der Waals surface area contributed by atoms with Gasteiger partial charge in [0, 0.05) is 19.6 Å². The highest BCUT2D eigenvalue weighted by atomic mass is 32.1. The molecule has 2 amide bonds. The largest absolute Gasteiger partial charge is 0.382 e. The van der Waals surface area contributed by atoms with Gasteiger partial charge in [0.25, 0.3) is 5.91 Å². The first kappa shape index (κ1) is 14.6. The summed E-state index contributed by atoms with van der Waals surface area (Å²) < 4.78 is 0. The third-order valence-electron chi connectivity index (χ3n) is 2.85. The number of hydrogen-bond donors (Lipinski definition) is 3. The monoisotopic (exact) mass is 297 g/mol. The number of amides is 2. The van der Waals surface area contributed by atoms with Crippen LogP contribution in [0.15, 0.2) is 0 Å². The van der Waals surface area contributed by atoms with Crippen molar-refractivity contribution in [2.75, 3.05) is 31.2 Å². The van der Waals surface area contributed by atoms with E-state index in [0.29, 0.717) is 22.6 Å². The first-order valence-corrected chi connectivity index (χ1v) is 7.38. The topological polar surface area (TPSA) is 100 Å². The molecule has 8 heteroatoms. The third-order valence-corrected chi connectivity index (χ3v) is 3.84. The molecule has 20 heavy (non-hydrogen) atoms. The quantitative estimate of drug-likeness (QED) is 0.710. The molecule has 4 N–H and O–H groups in total. The van der Waals surface area contributed by atoms with Gasteiger partial charge in [-0.3, -0.25) is 9.59 Å². The molecule has 2 rings (SSSR count). The summed E-state index contributed by atoms with van der Waals surface area (Å²) >= 11 is 1.23. The standard InChI is InChI=1S/C12H19N5O2S/c1-3-14-8(18)6-17(2)11(19)9-10(13)16-12(20-9)15-7-4-5-7/h7H,3-6,13H2,1-2H3,(H,14,18)(H,15,16). The van der Waals surface area contributed by atoms with Gasteiger partial charge in [-0.25, -0.2) is 4.98 Å². The molecule has 0 aromatic carbocycles. The number of thiazole rings is 1. The summed E-state index contributed by atoms with van der Waals surface area (Å²) in [6, 6.07) is 0.455. The number of aromatic nitrogens is 1. The average Bonchev–Trinajstić information content (AvgIpc) is 3.11. The van der Waals surface area contributed by atoms with E-state index in [0.717, 1.165) is 12.8 Å². The molecule has 1 saturated carbocycles. The lowest BCUT2D eigenvalue weighted by Gasteiger charge is -2.15. The maximum atomic E-state index is 12.2. The number of hydrogen-bond acceptors (Lipinski definition) is 6. The highest BCUT2D eigenvalue weighted by Gasteiger charge is 2.25. The minimum absolute atomic E-state index is 0.00933. The molecule has 7 nitrogen and oxygen atoms in total. The van der Waals surface area contributed by atoms with Crippen LogP contribution in [0.1, 0.15) is 29.4 Å². The summed E-state index contributed by atoms with van der Waals surface area (Å²) in [5.74, 6) is -0.260. The Bertz CT molecular complexity index is 512. The number of nitrogens with zero attached hydrogens (tertiary/aromatic N) is 2. The summed E-state index contributed by atoms with van der Waals surface area (Å²) in [5.41, 5.74) is 5.78. The van der Waals surface area contributed by atoms with Crippen molar-refractivity contribution in [3.05, 3.63) is 4.88 Å². The van der Waals surface area contributed by atoms with Crippen molar-refractivity contribution < 1.29 is 9.59 Å². The molecule has 1 aliphatic carbocycles. The minimum Gasteiger partial charge on any atom is -0.382 e. The van der Waals surface area contributed by atoms with Crippen LogP contribution >= 0.6 is 11.3 Å². The molecule has 0 saturated heterocycles. The fraction of sp³-hybridized carbons (Fsp3) is 0.583. The lowest BCUT2D eigenvalue weighted by Crippen LogP contribution is -2.38. The Morgan fingerprint density at radius 1 is 1.50 bits per heavy atom. The van der Waals surface area contributed by atoms with Gasteiger partial charge in [-0.1, -0.05) is 11.3 Å². The molecule has 0 atom stereocenters. The van der Waals surface area contributed by atoms with Crippen molar-refractivity contribution in [2.45, 2.75) is 25.8 Å². The van der Waals surface area contributed by atoms with E-state index in [9.17, 15) is 9.59 Å². The molecule has 1 aliphatic rings. The fourth-order valence-corrected chi connectivity index (χ4v) is 2.62.